The summed E-state index contributed by atoms with van der Waals surface area (Å²) in [5.74, 6) is 1.00. The molecular formula is C15H17ClO3. The Morgan fingerprint density at radius 2 is 2.00 bits per heavy atom. The number of unbranched alkanes of at least 4 members (excludes halogenated alkanes) is 3. The fourth-order valence-corrected chi connectivity index (χ4v) is 2.38. The first-order chi connectivity index (χ1) is 9.33. The second-order valence-corrected chi connectivity index (χ2v) is 4.90. The highest BCUT2D eigenvalue weighted by molar-refractivity contribution is 6.35. The molecule has 0 saturated carbocycles. The van der Waals surface area contributed by atoms with Gasteiger partial charge >= 0.3 is 0 Å². The zero-order valence-corrected chi connectivity index (χ0v) is 11.5. The van der Waals surface area contributed by atoms with Gasteiger partial charge in [0.25, 0.3) is 6.47 Å². The topological polar surface area (TPSA) is 39.4 Å². The van der Waals surface area contributed by atoms with Crippen LogP contribution in [0.4, 0.5) is 0 Å². The van der Waals surface area contributed by atoms with Crippen molar-refractivity contribution in [2.24, 2.45) is 0 Å². The van der Waals surface area contributed by atoms with Gasteiger partial charge in [-0.05, 0) is 18.9 Å². The van der Waals surface area contributed by atoms with Gasteiger partial charge in [0, 0.05) is 17.2 Å². The third-order valence-electron chi connectivity index (χ3n) is 3.16. The Kier molecular flexibility index (Phi) is 5.28. The molecule has 0 unspecified atom stereocenters. The predicted octanol–water partition coefficient (Wildman–Crippen LogP) is 4.36. The monoisotopic (exact) mass is 280 g/mol. The van der Waals surface area contributed by atoms with Crippen LogP contribution in [0.15, 0.2) is 28.9 Å². The van der Waals surface area contributed by atoms with Crippen LogP contribution in [0.25, 0.3) is 10.8 Å². The molecule has 3 nitrogen and oxygen atoms in total. The van der Waals surface area contributed by atoms with Crippen LogP contribution in [0.2, 0.25) is 5.02 Å². The number of carbonyl (C=O) groups is 1. The van der Waals surface area contributed by atoms with Gasteiger partial charge in [0.1, 0.15) is 12.0 Å². The lowest BCUT2D eigenvalue weighted by atomic mass is 10.1. The summed E-state index contributed by atoms with van der Waals surface area (Å²) in [4.78, 5) is 9.96. The summed E-state index contributed by atoms with van der Waals surface area (Å²) in [6, 6.07) is 5.86. The molecule has 102 valence electrons. The first-order valence-electron chi connectivity index (χ1n) is 6.53. The predicted molar refractivity (Wildman–Crippen MR) is 75.4 cm³/mol. The van der Waals surface area contributed by atoms with Crippen molar-refractivity contribution in [3.05, 3.63) is 35.2 Å². The highest BCUT2D eigenvalue weighted by atomic mass is 35.5. The second kappa shape index (κ2) is 7.19. The van der Waals surface area contributed by atoms with Crippen LogP contribution in [0.1, 0.15) is 31.4 Å². The van der Waals surface area contributed by atoms with E-state index in [1.165, 1.54) is 0 Å². The highest BCUT2D eigenvalue weighted by Gasteiger charge is 2.07. The Bertz CT molecular complexity index is 533. The van der Waals surface area contributed by atoms with Crippen LogP contribution in [-0.2, 0) is 16.0 Å². The molecule has 0 amide bonds. The van der Waals surface area contributed by atoms with Gasteiger partial charge in [0.15, 0.2) is 0 Å². The number of fused-ring (bicyclic) bond motifs is 1. The van der Waals surface area contributed by atoms with Gasteiger partial charge in [-0.25, -0.2) is 0 Å². The Labute approximate surface area is 117 Å². The average Bonchev–Trinajstić information content (AvgIpc) is 2.83. The molecule has 1 aromatic heterocycles. The molecule has 0 aliphatic carbocycles. The molecule has 4 heteroatoms. The van der Waals surface area contributed by atoms with E-state index >= 15 is 0 Å². The van der Waals surface area contributed by atoms with Gasteiger partial charge < -0.3 is 9.15 Å². The fourth-order valence-electron chi connectivity index (χ4n) is 2.16. The van der Waals surface area contributed by atoms with Gasteiger partial charge in [-0.15, -0.1) is 0 Å². The summed E-state index contributed by atoms with van der Waals surface area (Å²) < 4.78 is 10.2. The molecule has 1 heterocycles. The van der Waals surface area contributed by atoms with Gasteiger partial charge in [0.2, 0.25) is 0 Å². The van der Waals surface area contributed by atoms with Crippen molar-refractivity contribution in [1.29, 1.82) is 0 Å². The van der Waals surface area contributed by atoms with Crippen molar-refractivity contribution in [3.63, 3.8) is 0 Å². The van der Waals surface area contributed by atoms with Crippen molar-refractivity contribution in [3.8, 4) is 0 Å². The van der Waals surface area contributed by atoms with Crippen molar-refractivity contribution in [1.82, 2.24) is 0 Å². The lowest BCUT2D eigenvalue weighted by Crippen LogP contribution is -1.92. The van der Waals surface area contributed by atoms with E-state index in [1.807, 2.05) is 18.2 Å². The van der Waals surface area contributed by atoms with Crippen LogP contribution in [0.3, 0.4) is 0 Å². The molecule has 0 saturated heterocycles. The van der Waals surface area contributed by atoms with Crippen LogP contribution in [-0.4, -0.2) is 13.1 Å². The van der Waals surface area contributed by atoms with Crippen LogP contribution >= 0.6 is 11.6 Å². The Morgan fingerprint density at radius 3 is 2.84 bits per heavy atom. The Balaban J connectivity index is 1.79. The van der Waals surface area contributed by atoms with E-state index in [9.17, 15) is 4.79 Å². The zero-order valence-electron chi connectivity index (χ0n) is 10.7. The number of hydrogen-bond acceptors (Lipinski definition) is 3. The van der Waals surface area contributed by atoms with Gasteiger partial charge in [0.05, 0.1) is 11.6 Å². The minimum Gasteiger partial charge on any atom is -0.468 e. The maximum Gasteiger partial charge on any atom is 0.293 e. The molecule has 0 atom stereocenters. The molecule has 2 rings (SSSR count). The molecule has 19 heavy (non-hydrogen) atoms. The first kappa shape index (κ1) is 13.9. The number of benzene rings is 1. The third kappa shape index (κ3) is 3.74. The molecule has 0 aliphatic rings. The summed E-state index contributed by atoms with van der Waals surface area (Å²) in [5, 5.41) is 2.83. The Morgan fingerprint density at radius 1 is 1.16 bits per heavy atom. The van der Waals surface area contributed by atoms with Crippen molar-refractivity contribution in [2.75, 3.05) is 6.61 Å². The number of hydrogen-bond donors (Lipinski definition) is 0. The van der Waals surface area contributed by atoms with Gasteiger partial charge in [-0.3, -0.25) is 4.79 Å². The van der Waals surface area contributed by atoms with Crippen molar-refractivity contribution < 1.29 is 13.9 Å². The molecule has 0 N–H and O–H groups in total. The highest BCUT2D eigenvalue weighted by Crippen LogP contribution is 2.28. The summed E-state index contributed by atoms with van der Waals surface area (Å²) in [5.41, 5.74) is 0. The van der Waals surface area contributed by atoms with Crippen molar-refractivity contribution in [2.45, 2.75) is 32.1 Å². The molecule has 2 aromatic rings. The summed E-state index contributed by atoms with van der Waals surface area (Å²) in [7, 11) is 0. The Hall–Kier alpha value is -1.48. The molecular weight excluding hydrogens is 264 g/mol. The summed E-state index contributed by atoms with van der Waals surface area (Å²) >= 11 is 6.10. The maximum absolute atomic E-state index is 9.96. The number of furan rings is 1. The zero-order chi connectivity index (χ0) is 13.5. The standard InChI is InChI=1S/C15H17ClO3/c16-14-7-5-6-12-13(14)10-19-15(12)8-3-1-2-4-9-18-11-17/h5-7,10-11H,1-4,8-9H2. The van der Waals surface area contributed by atoms with Gasteiger partial charge in [-0.1, -0.05) is 36.6 Å². The SMILES string of the molecule is O=COCCCCCCc1occ2c(Cl)cccc12. The molecule has 1 aromatic carbocycles. The van der Waals surface area contributed by atoms with Crippen LogP contribution < -0.4 is 0 Å². The van der Waals surface area contributed by atoms with E-state index in [-0.39, 0.29) is 0 Å². The lowest BCUT2D eigenvalue weighted by molar-refractivity contribution is -0.128. The number of halogens is 1. The normalized spacial score (nSPS) is 10.8. The van der Waals surface area contributed by atoms with E-state index in [4.69, 9.17) is 16.0 Å². The number of aryl methyl sites for hydroxylation is 1. The average molecular weight is 281 g/mol. The quantitative estimate of drug-likeness (QED) is 0.533. The first-order valence-corrected chi connectivity index (χ1v) is 6.90. The fraction of sp³-hybridized carbons (Fsp3) is 0.400. The minimum absolute atomic E-state index is 0.499. The molecule has 0 radical (unpaired) electrons. The third-order valence-corrected chi connectivity index (χ3v) is 3.49. The number of rotatable bonds is 8. The van der Waals surface area contributed by atoms with E-state index in [0.717, 1.165) is 53.7 Å². The smallest absolute Gasteiger partial charge is 0.293 e. The minimum atomic E-state index is 0.499. The lowest BCUT2D eigenvalue weighted by Gasteiger charge is -2.00. The molecule has 0 fully saturated rings. The maximum atomic E-state index is 9.96. The summed E-state index contributed by atoms with van der Waals surface area (Å²) in [6.07, 6.45) is 6.79. The molecule has 0 spiro atoms. The second-order valence-electron chi connectivity index (χ2n) is 4.49. The van der Waals surface area contributed by atoms with Crippen LogP contribution in [0, 0.1) is 0 Å². The number of ether oxygens (including phenoxy) is 1. The number of carbonyl (C=O) groups excluding carboxylic acids is 1. The molecule has 0 bridgehead atoms. The van der Waals surface area contributed by atoms with Gasteiger partial charge in [-0.2, -0.15) is 0 Å². The van der Waals surface area contributed by atoms with E-state index in [0.29, 0.717) is 13.1 Å². The van der Waals surface area contributed by atoms with E-state index in [2.05, 4.69) is 4.74 Å². The largest absolute Gasteiger partial charge is 0.468 e. The van der Waals surface area contributed by atoms with E-state index < -0.39 is 0 Å². The van der Waals surface area contributed by atoms with Crippen molar-refractivity contribution >= 4 is 28.8 Å². The summed E-state index contributed by atoms with van der Waals surface area (Å²) in [6.45, 7) is 1.02. The van der Waals surface area contributed by atoms with E-state index in [1.54, 1.807) is 6.26 Å². The molecule has 0 aliphatic heterocycles. The van der Waals surface area contributed by atoms with Crippen LogP contribution in [0.5, 0.6) is 0 Å².